The Morgan fingerprint density at radius 1 is 1.56 bits per heavy atom. The van der Waals surface area contributed by atoms with Crippen molar-refractivity contribution < 1.29 is 9.21 Å². The van der Waals surface area contributed by atoms with E-state index in [0.29, 0.717) is 12.6 Å². The molecule has 4 nitrogen and oxygen atoms in total. The van der Waals surface area contributed by atoms with Crippen molar-refractivity contribution in [2.75, 3.05) is 13.1 Å². The molecule has 18 heavy (non-hydrogen) atoms. The Balaban J connectivity index is 2.15. The fraction of sp³-hybridized carbons (Fsp3) is 0.643. The molecule has 1 aliphatic rings. The van der Waals surface area contributed by atoms with Crippen LogP contribution in [-0.4, -0.2) is 29.9 Å². The molecule has 1 aromatic rings. The molecule has 1 amide bonds. The molecular formula is C14H22N2O2. The Hall–Kier alpha value is -1.29. The maximum absolute atomic E-state index is 12.6. The molecule has 4 heteroatoms. The van der Waals surface area contributed by atoms with Gasteiger partial charge in [0.15, 0.2) is 0 Å². The van der Waals surface area contributed by atoms with Crippen molar-refractivity contribution in [2.45, 2.75) is 45.1 Å². The van der Waals surface area contributed by atoms with Crippen molar-refractivity contribution in [1.29, 1.82) is 0 Å². The second-order valence-electron chi connectivity index (χ2n) is 4.84. The van der Waals surface area contributed by atoms with Gasteiger partial charge in [-0.3, -0.25) is 4.79 Å². The van der Waals surface area contributed by atoms with Crippen LogP contribution in [0.2, 0.25) is 0 Å². The molecule has 1 aliphatic heterocycles. The molecule has 100 valence electrons. The van der Waals surface area contributed by atoms with Crippen LogP contribution in [0.15, 0.2) is 16.7 Å². The van der Waals surface area contributed by atoms with E-state index in [1.165, 1.54) is 6.42 Å². The highest BCUT2D eigenvalue weighted by Gasteiger charge is 2.28. The lowest BCUT2D eigenvalue weighted by atomic mass is 9.98. The highest BCUT2D eigenvalue weighted by atomic mass is 16.3. The second-order valence-corrected chi connectivity index (χ2v) is 4.84. The molecular weight excluding hydrogens is 228 g/mol. The molecule has 2 N–H and O–H groups in total. The molecule has 2 heterocycles. The lowest BCUT2D eigenvalue weighted by Crippen LogP contribution is -2.44. The van der Waals surface area contributed by atoms with Gasteiger partial charge in [0.25, 0.3) is 5.91 Å². The van der Waals surface area contributed by atoms with Crippen molar-refractivity contribution in [3.05, 3.63) is 23.7 Å². The first-order valence-corrected chi connectivity index (χ1v) is 6.85. The lowest BCUT2D eigenvalue weighted by Gasteiger charge is -2.35. The number of carbonyl (C=O) groups is 1. The molecule has 1 aromatic heterocycles. The quantitative estimate of drug-likeness (QED) is 0.891. The summed E-state index contributed by atoms with van der Waals surface area (Å²) < 4.78 is 5.35. The number of hydrogen-bond acceptors (Lipinski definition) is 3. The molecule has 1 unspecified atom stereocenters. The Bertz CT molecular complexity index is 398. The number of amides is 1. The van der Waals surface area contributed by atoms with Gasteiger partial charge in [-0.15, -0.1) is 0 Å². The van der Waals surface area contributed by atoms with Crippen LogP contribution in [0, 0.1) is 0 Å². The molecule has 0 saturated carbocycles. The van der Waals surface area contributed by atoms with E-state index in [2.05, 4.69) is 0 Å². The summed E-state index contributed by atoms with van der Waals surface area (Å²) in [7, 11) is 0. The minimum absolute atomic E-state index is 0.110. The fourth-order valence-corrected chi connectivity index (χ4v) is 2.72. The second kappa shape index (κ2) is 6.05. The number of hydrogen-bond donors (Lipinski definition) is 1. The van der Waals surface area contributed by atoms with Crippen molar-refractivity contribution in [3.8, 4) is 0 Å². The van der Waals surface area contributed by atoms with E-state index >= 15 is 0 Å². The summed E-state index contributed by atoms with van der Waals surface area (Å²) >= 11 is 0. The average Bonchev–Trinajstić information content (AvgIpc) is 2.87. The number of furan rings is 1. The minimum Gasteiger partial charge on any atom is -0.469 e. The van der Waals surface area contributed by atoms with E-state index in [1.807, 2.05) is 11.8 Å². The Morgan fingerprint density at radius 3 is 3.11 bits per heavy atom. The molecule has 0 aromatic carbocycles. The number of nitrogens with zero attached hydrogens (tertiary/aromatic N) is 1. The maximum atomic E-state index is 12.6. The summed E-state index contributed by atoms with van der Waals surface area (Å²) in [6, 6.07) is 2.09. The van der Waals surface area contributed by atoms with Crippen molar-refractivity contribution in [3.63, 3.8) is 0 Å². The first-order valence-electron chi connectivity index (χ1n) is 6.85. The fourth-order valence-electron chi connectivity index (χ4n) is 2.72. The first-order chi connectivity index (χ1) is 8.77. The van der Waals surface area contributed by atoms with Crippen LogP contribution in [0.25, 0.3) is 0 Å². The monoisotopic (exact) mass is 250 g/mol. The topological polar surface area (TPSA) is 59.5 Å². The van der Waals surface area contributed by atoms with Crippen molar-refractivity contribution in [1.82, 2.24) is 4.90 Å². The standard InChI is InChI=1S/C14H22N2O2/c1-2-13-12(7-10-18-13)14(17)16-9-4-3-5-11(16)6-8-15/h7,10-11H,2-6,8-9,15H2,1H3. The first kappa shape index (κ1) is 13.1. The Kier molecular flexibility index (Phi) is 4.42. The number of aryl methyl sites for hydroxylation is 1. The molecule has 2 rings (SSSR count). The maximum Gasteiger partial charge on any atom is 0.257 e. The van der Waals surface area contributed by atoms with Gasteiger partial charge in [-0.05, 0) is 38.3 Å². The predicted octanol–water partition coefficient (Wildman–Crippen LogP) is 2.19. The predicted molar refractivity (Wildman–Crippen MR) is 70.4 cm³/mol. The van der Waals surface area contributed by atoms with Crippen LogP contribution in [0.5, 0.6) is 0 Å². The smallest absolute Gasteiger partial charge is 0.257 e. The van der Waals surface area contributed by atoms with Gasteiger partial charge in [0.05, 0.1) is 11.8 Å². The van der Waals surface area contributed by atoms with Crippen LogP contribution in [-0.2, 0) is 6.42 Å². The van der Waals surface area contributed by atoms with Gasteiger partial charge in [0.2, 0.25) is 0 Å². The third-order valence-corrected chi connectivity index (χ3v) is 3.68. The van der Waals surface area contributed by atoms with Crippen LogP contribution in [0.4, 0.5) is 0 Å². The van der Waals surface area contributed by atoms with Crippen molar-refractivity contribution >= 4 is 5.91 Å². The molecule has 1 fully saturated rings. The van der Waals surface area contributed by atoms with Crippen molar-refractivity contribution in [2.24, 2.45) is 5.73 Å². The van der Waals surface area contributed by atoms with Crippen LogP contribution in [0.3, 0.4) is 0 Å². The van der Waals surface area contributed by atoms with Crippen LogP contribution >= 0.6 is 0 Å². The number of nitrogens with two attached hydrogens (primary N) is 1. The van der Waals surface area contributed by atoms with E-state index < -0.39 is 0 Å². The van der Waals surface area contributed by atoms with Gasteiger partial charge in [0.1, 0.15) is 5.76 Å². The normalized spacial score (nSPS) is 20.1. The average molecular weight is 250 g/mol. The largest absolute Gasteiger partial charge is 0.469 e. The Morgan fingerprint density at radius 2 is 2.39 bits per heavy atom. The third-order valence-electron chi connectivity index (χ3n) is 3.68. The van der Waals surface area contributed by atoms with Gasteiger partial charge < -0.3 is 15.1 Å². The number of rotatable bonds is 4. The molecule has 0 aliphatic carbocycles. The number of carbonyl (C=O) groups excluding carboxylic acids is 1. The zero-order valence-corrected chi connectivity index (χ0v) is 11.0. The molecule has 0 spiro atoms. The van der Waals surface area contributed by atoms with Gasteiger partial charge >= 0.3 is 0 Å². The van der Waals surface area contributed by atoms with E-state index in [1.54, 1.807) is 12.3 Å². The highest BCUT2D eigenvalue weighted by molar-refractivity contribution is 5.95. The van der Waals surface area contributed by atoms with Gasteiger partial charge in [-0.25, -0.2) is 0 Å². The molecule has 1 atom stereocenters. The van der Waals surface area contributed by atoms with Gasteiger partial charge in [0, 0.05) is 19.0 Å². The highest BCUT2D eigenvalue weighted by Crippen LogP contribution is 2.23. The Labute approximate surface area is 108 Å². The van der Waals surface area contributed by atoms with E-state index in [0.717, 1.165) is 43.6 Å². The summed E-state index contributed by atoms with van der Waals surface area (Å²) in [6.07, 6.45) is 6.61. The van der Waals surface area contributed by atoms with E-state index in [4.69, 9.17) is 10.2 Å². The van der Waals surface area contributed by atoms with E-state index in [9.17, 15) is 4.79 Å². The zero-order valence-electron chi connectivity index (χ0n) is 11.0. The van der Waals surface area contributed by atoms with Gasteiger partial charge in [-0.2, -0.15) is 0 Å². The molecule has 1 saturated heterocycles. The minimum atomic E-state index is 0.110. The van der Waals surface area contributed by atoms with Crippen LogP contribution in [0.1, 0.15) is 48.7 Å². The zero-order chi connectivity index (χ0) is 13.0. The summed E-state index contributed by atoms with van der Waals surface area (Å²) in [5, 5.41) is 0. The number of likely N-dealkylation sites (tertiary alicyclic amines) is 1. The lowest BCUT2D eigenvalue weighted by molar-refractivity contribution is 0.0603. The van der Waals surface area contributed by atoms with E-state index in [-0.39, 0.29) is 5.91 Å². The summed E-state index contributed by atoms with van der Waals surface area (Å²) in [5.41, 5.74) is 6.36. The molecule has 0 radical (unpaired) electrons. The summed E-state index contributed by atoms with van der Waals surface area (Å²) in [6.45, 7) is 3.49. The molecule has 0 bridgehead atoms. The van der Waals surface area contributed by atoms with Gasteiger partial charge in [-0.1, -0.05) is 6.92 Å². The third kappa shape index (κ3) is 2.58. The number of piperidine rings is 1. The summed E-state index contributed by atoms with van der Waals surface area (Å²) in [4.78, 5) is 14.5. The van der Waals surface area contributed by atoms with Crippen LogP contribution < -0.4 is 5.73 Å². The SMILES string of the molecule is CCc1occc1C(=O)N1CCCCC1CCN. The summed E-state index contributed by atoms with van der Waals surface area (Å²) in [5.74, 6) is 0.899.